The van der Waals surface area contributed by atoms with Crippen LogP contribution in [0.3, 0.4) is 0 Å². The van der Waals surface area contributed by atoms with E-state index in [1.807, 2.05) is 6.92 Å². The Morgan fingerprint density at radius 2 is 2.29 bits per heavy atom. The molecule has 0 unspecified atom stereocenters. The van der Waals surface area contributed by atoms with Gasteiger partial charge in [0.15, 0.2) is 5.82 Å². The Labute approximate surface area is 97.7 Å². The van der Waals surface area contributed by atoms with Crippen molar-refractivity contribution in [2.24, 2.45) is 7.05 Å². The van der Waals surface area contributed by atoms with Crippen molar-refractivity contribution in [1.29, 1.82) is 0 Å². The third-order valence-electron chi connectivity index (χ3n) is 2.41. The fourth-order valence-corrected chi connectivity index (χ4v) is 1.64. The second kappa shape index (κ2) is 4.36. The van der Waals surface area contributed by atoms with E-state index in [4.69, 9.17) is 5.11 Å². The van der Waals surface area contributed by atoms with Crippen LogP contribution < -0.4 is 0 Å². The molecule has 0 spiro atoms. The number of hydrogen-bond donors (Lipinski definition) is 1. The molecule has 0 amide bonds. The largest absolute Gasteiger partial charge is 0.476 e. The average molecular weight is 235 g/mol. The Balaban J connectivity index is 2.60. The maximum absolute atomic E-state index is 11.1. The average Bonchev–Trinajstić information content (AvgIpc) is 2.84. The molecule has 2 aromatic heterocycles. The molecule has 0 fully saturated rings. The number of rotatable bonds is 4. The lowest BCUT2D eigenvalue weighted by atomic mass is 10.3. The molecule has 0 aliphatic heterocycles. The first-order valence-corrected chi connectivity index (χ1v) is 5.29. The molecule has 2 heterocycles. The smallest absolute Gasteiger partial charge is 0.358 e. The van der Waals surface area contributed by atoms with E-state index in [2.05, 4.69) is 15.3 Å². The lowest BCUT2D eigenvalue weighted by Crippen LogP contribution is -2.07. The van der Waals surface area contributed by atoms with Gasteiger partial charge in [0, 0.05) is 26.0 Å². The highest BCUT2D eigenvalue weighted by atomic mass is 16.4. The highest BCUT2D eigenvalue weighted by Gasteiger charge is 2.22. The number of carboxylic acid groups (broad SMARTS) is 1. The van der Waals surface area contributed by atoms with Crippen molar-refractivity contribution in [1.82, 2.24) is 24.5 Å². The highest BCUT2D eigenvalue weighted by molar-refractivity contribution is 5.91. The van der Waals surface area contributed by atoms with Crippen molar-refractivity contribution in [2.75, 3.05) is 0 Å². The van der Waals surface area contributed by atoms with Crippen LogP contribution >= 0.6 is 0 Å². The molecule has 0 aromatic carbocycles. The van der Waals surface area contributed by atoms with Gasteiger partial charge >= 0.3 is 5.97 Å². The first kappa shape index (κ1) is 11.3. The van der Waals surface area contributed by atoms with E-state index in [-0.39, 0.29) is 5.69 Å². The second-order valence-corrected chi connectivity index (χ2v) is 3.68. The molecule has 0 aliphatic carbocycles. The molecule has 0 bridgehead atoms. The van der Waals surface area contributed by atoms with Gasteiger partial charge in [-0.05, 0) is 6.42 Å². The molecule has 7 nitrogen and oxygen atoms in total. The number of nitrogens with zero attached hydrogens (tertiary/aromatic N) is 5. The van der Waals surface area contributed by atoms with E-state index in [0.717, 1.165) is 6.42 Å². The summed E-state index contributed by atoms with van der Waals surface area (Å²) in [6, 6.07) is 0. The zero-order valence-corrected chi connectivity index (χ0v) is 9.66. The van der Waals surface area contributed by atoms with Gasteiger partial charge in [-0.1, -0.05) is 12.1 Å². The summed E-state index contributed by atoms with van der Waals surface area (Å²) in [6.07, 6.45) is 4.22. The van der Waals surface area contributed by atoms with Gasteiger partial charge in [-0.15, -0.1) is 5.10 Å². The molecule has 0 radical (unpaired) electrons. The van der Waals surface area contributed by atoms with Gasteiger partial charge < -0.3 is 9.67 Å². The Hall–Kier alpha value is -2.18. The molecule has 2 aromatic rings. The standard InChI is InChI=1S/C10H13N5O2/c1-3-5-15-8(7(10(16)17)12-13-15)9-11-4-6-14(9)2/h4,6H,3,5H2,1-2H3,(H,16,17). The molecule has 7 heteroatoms. The van der Waals surface area contributed by atoms with Crippen molar-refractivity contribution < 1.29 is 9.90 Å². The van der Waals surface area contributed by atoms with E-state index in [1.54, 1.807) is 28.7 Å². The van der Waals surface area contributed by atoms with Crippen LogP contribution in [0, 0.1) is 0 Å². The molecular formula is C10H13N5O2. The maximum Gasteiger partial charge on any atom is 0.358 e. The summed E-state index contributed by atoms with van der Waals surface area (Å²) in [5, 5.41) is 16.6. The predicted octanol–water partition coefficient (Wildman–Crippen LogP) is 0.787. The number of aryl methyl sites for hydroxylation is 2. The fourth-order valence-electron chi connectivity index (χ4n) is 1.64. The SMILES string of the molecule is CCCn1nnc(C(=O)O)c1-c1nccn1C. The number of carboxylic acids is 1. The summed E-state index contributed by atoms with van der Waals surface area (Å²) in [4.78, 5) is 15.2. The number of imidazole rings is 1. The van der Waals surface area contributed by atoms with Crippen molar-refractivity contribution >= 4 is 5.97 Å². The molecule has 1 N–H and O–H groups in total. The number of aromatic carboxylic acids is 1. The van der Waals surface area contributed by atoms with Crippen LogP contribution in [0.4, 0.5) is 0 Å². The minimum absolute atomic E-state index is 0.0623. The molecule has 0 aliphatic rings. The molecule has 2 rings (SSSR count). The summed E-state index contributed by atoms with van der Waals surface area (Å²) >= 11 is 0. The van der Waals surface area contributed by atoms with Gasteiger partial charge in [0.1, 0.15) is 5.69 Å². The minimum Gasteiger partial charge on any atom is -0.476 e. The Bertz CT molecular complexity index is 543. The summed E-state index contributed by atoms with van der Waals surface area (Å²) < 4.78 is 3.32. The van der Waals surface area contributed by atoms with Gasteiger partial charge in [0.2, 0.25) is 5.69 Å². The molecule has 0 atom stereocenters. The van der Waals surface area contributed by atoms with Crippen LogP contribution in [0.15, 0.2) is 12.4 Å². The lowest BCUT2D eigenvalue weighted by Gasteiger charge is -2.05. The van der Waals surface area contributed by atoms with Gasteiger partial charge in [-0.25, -0.2) is 14.5 Å². The van der Waals surface area contributed by atoms with Gasteiger partial charge in [0.05, 0.1) is 0 Å². The van der Waals surface area contributed by atoms with E-state index < -0.39 is 5.97 Å². The van der Waals surface area contributed by atoms with E-state index in [1.165, 1.54) is 0 Å². The van der Waals surface area contributed by atoms with Crippen molar-refractivity contribution in [3.63, 3.8) is 0 Å². The zero-order valence-electron chi connectivity index (χ0n) is 9.66. The summed E-state index contributed by atoms with van der Waals surface area (Å²) in [5.74, 6) is -0.536. The van der Waals surface area contributed by atoms with Crippen LogP contribution in [-0.2, 0) is 13.6 Å². The summed E-state index contributed by atoms with van der Waals surface area (Å²) in [7, 11) is 1.80. The van der Waals surface area contributed by atoms with Crippen LogP contribution in [0.5, 0.6) is 0 Å². The highest BCUT2D eigenvalue weighted by Crippen LogP contribution is 2.20. The van der Waals surface area contributed by atoms with Crippen molar-refractivity contribution in [3.05, 3.63) is 18.1 Å². The number of aromatic nitrogens is 5. The third kappa shape index (κ3) is 1.91. The van der Waals surface area contributed by atoms with Crippen LogP contribution in [-0.4, -0.2) is 35.6 Å². The monoisotopic (exact) mass is 235 g/mol. The predicted molar refractivity (Wildman–Crippen MR) is 59.5 cm³/mol. The maximum atomic E-state index is 11.1. The fraction of sp³-hybridized carbons (Fsp3) is 0.400. The Morgan fingerprint density at radius 1 is 1.53 bits per heavy atom. The molecule has 0 saturated heterocycles. The van der Waals surface area contributed by atoms with E-state index in [9.17, 15) is 4.79 Å². The topological polar surface area (TPSA) is 85.8 Å². The number of hydrogen-bond acceptors (Lipinski definition) is 4. The van der Waals surface area contributed by atoms with Crippen molar-refractivity contribution in [3.8, 4) is 11.5 Å². The van der Waals surface area contributed by atoms with E-state index in [0.29, 0.717) is 18.1 Å². The van der Waals surface area contributed by atoms with Crippen LogP contribution in [0.2, 0.25) is 0 Å². The Morgan fingerprint density at radius 3 is 2.82 bits per heavy atom. The molecule has 17 heavy (non-hydrogen) atoms. The molecule has 90 valence electrons. The van der Waals surface area contributed by atoms with Gasteiger partial charge in [-0.2, -0.15) is 0 Å². The zero-order chi connectivity index (χ0) is 12.4. The number of carbonyl (C=O) groups is 1. The second-order valence-electron chi connectivity index (χ2n) is 3.68. The summed E-state index contributed by atoms with van der Waals surface area (Å²) in [5.41, 5.74) is 0.389. The lowest BCUT2D eigenvalue weighted by molar-refractivity contribution is 0.0691. The molecule has 0 saturated carbocycles. The third-order valence-corrected chi connectivity index (χ3v) is 2.41. The van der Waals surface area contributed by atoms with Crippen LogP contribution in [0.25, 0.3) is 11.5 Å². The summed E-state index contributed by atoms with van der Waals surface area (Å²) in [6.45, 7) is 2.60. The normalized spacial score (nSPS) is 10.7. The quantitative estimate of drug-likeness (QED) is 0.846. The van der Waals surface area contributed by atoms with Gasteiger partial charge in [0.25, 0.3) is 0 Å². The Kier molecular flexibility index (Phi) is 2.90. The van der Waals surface area contributed by atoms with Gasteiger partial charge in [-0.3, -0.25) is 0 Å². The first-order chi connectivity index (χ1) is 8.15. The van der Waals surface area contributed by atoms with Crippen LogP contribution in [0.1, 0.15) is 23.8 Å². The minimum atomic E-state index is -1.09. The first-order valence-electron chi connectivity index (χ1n) is 5.29. The molecular weight excluding hydrogens is 222 g/mol. The van der Waals surface area contributed by atoms with Crippen molar-refractivity contribution in [2.45, 2.75) is 19.9 Å². The van der Waals surface area contributed by atoms with E-state index >= 15 is 0 Å².